The third-order valence-electron chi connectivity index (χ3n) is 6.75. The molecule has 0 aliphatic carbocycles. The van der Waals surface area contributed by atoms with Crippen molar-refractivity contribution in [2.75, 3.05) is 27.4 Å². The highest BCUT2D eigenvalue weighted by molar-refractivity contribution is 6.76. The number of nitrogens with zero attached hydrogens (tertiary/aromatic N) is 3. The number of pyridine rings is 2. The molecule has 0 aliphatic rings. The molecule has 1 atom stereocenters. The molecule has 1 unspecified atom stereocenters. The molecule has 3 heterocycles. The number of hydrogen-bond acceptors (Lipinski definition) is 7. The first-order valence-corrected chi connectivity index (χ1v) is 16.7. The molecule has 4 rings (SSSR count). The summed E-state index contributed by atoms with van der Waals surface area (Å²) in [5.41, 5.74) is 0.998. The number of carbonyl (C=O) groups excluding carboxylic acids is 1. The van der Waals surface area contributed by atoms with E-state index < -0.39 is 20.1 Å². The van der Waals surface area contributed by atoms with Crippen LogP contribution in [0.3, 0.4) is 0 Å². The van der Waals surface area contributed by atoms with Gasteiger partial charge in [-0.25, -0.2) is 9.78 Å². The average molecular weight is 540 g/mol. The lowest BCUT2D eigenvalue weighted by Gasteiger charge is -2.21. The zero-order valence-electron chi connectivity index (χ0n) is 23.3. The SMILES string of the molecule is CCOC(=O)C(CC)n1c(=O)c2cc(OC)c(OC)cc2c2cnc3c(ccn3COCC[Si](C)(C)C)c21. The predicted octanol–water partition coefficient (Wildman–Crippen LogP) is 5.35. The first-order valence-electron chi connectivity index (χ1n) is 13.0. The monoisotopic (exact) mass is 539 g/mol. The Bertz CT molecular complexity index is 1540. The standard InChI is InChI=1S/C28H37N3O6Si/c1-8-22(28(33)37-9-2)31-25-18-10-11-30(17-36-12-13-38(5,6)7)26(18)29-16-21(25)19-14-23(34-3)24(35-4)15-20(19)27(31)32/h10-11,14-16,22H,8-9,12-13,17H2,1-7H3. The van der Waals surface area contributed by atoms with Crippen LogP contribution in [0.1, 0.15) is 26.3 Å². The summed E-state index contributed by atoms with van der Waals surface area (Å²) in [6.07, 6.45) is 4.04. The number of rotatable bonds is 11. The molecule has 204 valence electrons. The highest BCUT2D eigenvalue weighted by Crippen LogP contribution is 2.37. The van der Waals surface area contributed by atoms with E-state index in [-0.39, 0.29) is 12.2 Å². The second-order valence-electron chi connectivity index (χ2n) is 10.5. The van der Waals surface area contributed by atoms with Gasteiger partial charge in [0.2, 0.25) is 0 Å². The second-order valence-corrected chi connectivity index (χ2v) is 16.1. The predicted molar refractivity (Wildman–Crippen MR) is 152 cm³/mol. The smallest absolute Gasteiger partial charge is 0.329 e. The maximum absolute atomic E-state index is 14.1. The van der Waals surface area contributed by atoms with Gasteiger partial charge in [-0.3, -0.25) is 9.36 Å². The van der Waals surface area contributed by atoms with Gasteiger partial charge in [-0.15, -0.1) is 0 Å². The summed E-state index contributed by atoms with van der Waals surface area (Å²) in [4.78, 5) is 31.9. The molecular formula is C28H37N3O6Si. The Balaban J connectivity index is 1.99. The fraction of sp³-hybridized carbons (Fsp3) is 0.464. The van der Waals surface area contributed by atoms with Crippen LogP contribution in [0.25, 0.3) is 32.7 Å². The van der Waals surface area contributed by atoms with E-state index in [1.54, 1.807) is 36.9 Å². The summed E-state index contributed by atoms with van der Waals surface area (Å²) in [6, 6.07) is 5.64. The van der Waals surface area contributed by atoms with Crippen LogP contribution in [0.4, 0.5) is 0 Å². The second kappa shape index (κ2) is 11.2. The lowest BCUT2D eigenvalue weighted by molar-refractivity contribution is -0.147. The Morgan fingerprint density at radius 2 is 1.71 bits per heavy atom. The van der Waals surface area contributed by atoms with E-state index >= 15 is 0 Å². The van der Waals surface area contributed by atoms with Gasteiger partial charge in [-0.05, 0) is 37.6 Å². The number of ether oxygens (including phenoxy) is 4. The van der Waals surface area contributed by atoms with Crippen molar-refractivity contribution >= 4 is 46.8 Å². The Morgan fingerprint density at radius 1 is 1.03 bits per heavy atom. The molecule has 0 fully saturated rings. The minimum absolute atomic E-state index is 0.225. The van der Waals surface area contributed by atoms with Gasteiger partial charge in [0.25, 0.3) is 5.56 Å². The minimum Gasteiger partial charge on any atom is -0.493 e. The van der Waals surface area contributed by atoms with Crippen molar-refractivity contribution < 1.29 is 23.7 Å². The summed E-state index contributed by atoms with van der Waals surface area (Å²) in [5, 5.41) is 2.57. The minimum atomic E-state index is -1.21. The van der Waals surface area contributed by atoms with E-state index in [9.17, 15) is 9.59 Å². The molecule has 9 nitrogen and oxygen atoms in total. The van der Waals surface area contributed by atoms with Gasteiger partial charge in [-0.2, -0.15) is 0 Å². The summed E-state index contributed by atoms with van der Waals surface area (Å²) < 4.78 is 25.8. The molecule has 0 spiro atoms. The number of hydrogen-bond donors (Lipinski definition) is 0. The normalized spacial score (nSPS) is 12.8. The van der Waals surface area contributed by atoms with Crippen LogP contribution in [-0.2, 0) is 21.0 Å². The van der Waals surface area contributed by atoms with E-state index in [1.807, 2.05) is 23.8 Å². The Labute approximate surface area is 223 Å². The number of methoxy groups -OCH3 is 2. The molecule has 10 heteroatoms. The fourth-order valence-corrected chi connectivity index (χ4v) is 5.48. The van der Waals surface area contributed by atoms with Crippen molar-refractivity contribution in [1.82, 2.24) is 14.1 Å². The van der Waals surface area contributed by atoms with Crippen LogP contribution < -0.4 is 15.0 Å². The molecule has 0 saturated carbocycles. The van der Waals surface area contributed by atoms with Crippen LogP contribution >= 0.6 is 0 Å². The molecule has 0 amide bonds. The van der Waals surface area contributed by atoms with Gasteiger partial charge < -0.3 is 23.5 Å². The zero-order valence-corrected chi connectivity index (χ0v) is 24.3. The number of aromatic nitrogens is 3. The molecular weight excluding hydrogens is 502 g/mol. The van der Waals surface area contributed by atoms with Gasteiger partial charge >= 0.3 is 5.97 Å². The lowest BCUT2D eigenvalue weighted by atomic mass is 10.0. The van der Waals surface area contributed by atoms with Crippen LogP contribution in [0, 0.1) is 0 Å². The van der Waals surface area contributed by atoms with Crippen LogP contribution in [-0.4, -0.2) is 55.6 Å². The molecule has 0 radical (unpaired) electrons. The van der Waals surface area contributed by atoms with Crippen molar-refractivity contribution in [3.63, 3.8) is 0 Å². The molecule has 4 aromatic rings. The zero-order chi connectivity index (χ0) is 27.6. The lowest BCUT2D eigenvalue weighted by Crippen LogP contribution is -2.31. The topological polar surface area (TPSA) is 93.8 Å². The van der Waals surface area contributed by atoms with E-state index in [1.165, 1.54) is 7.11 Å². The molecule has 0 aliphatic heterocycles. The summed E-state index contributed by atoms with van der Waals surface area (Å²) >= 11 is 0. The van der Waals surface area contributed by atoms with Gasteiger partial charge in [-0.1, -0.05) is 26.6 Å². The molecule has 0 N–H and O–H groups in total. The van der Waals surface area contributed by atoms with Crippen LogP contribution in [0.15, 0.2) is 35.4 Å². The quantitative estimate of drug-likeness (QED) is 0.110. The maximum Gasteiger partial charge on any atom is 0.329 e. The van der Waals surface area contributed by atoms with E-state index in [4.69, 9.17) is 23.9 Å². The van der Waals surface area contributed by atoms with E-state index in [0.29, 0.717) is 53.2 Å². The third-order valence-corrected chi connectivity index (χ3v) is 8.45. The number of carbonyl (C=O) groups is 1. The summed E-state index contributed by atoms with van der Waals surface area (Å²) in [6.45, 7) is 11.8. The van der Waals surface area contributed by atoms with E-state index in [2.05, 4.69) is 19.6 Å². The number of esters is 1. The van der Waals surface area contributed by atoms with Crippen LogP contribution in [0.5, 0.6) is 11.5 Å². The Hall–Kier alpha value is -3.37. The van der Waals surface area contributed by atoms with Crippen molar-refractivity contribution in [3.05, 3.63) is 40.9 Å². The highest BCUT2D eigenvalue weighted by Gasteiger charge is 2.27. The van der Waals surface area contributed by atoms with Crippen molar-refractivity contribution in [2.45, 2.75) is 58.7 Å². The molecule has 1 aromatic carbocycles. The average Bonchev–Trinajstić information content (AvgIpc) is 3.30. The Morgan fingerprint density at radius 3 is 2.32 bits per heavy atom. The first kappa shape index (κ1) is 27.7. The first-order chi connectivity index (χ1) is 18.1. The maximum atomic E-state index is 14.1. The van der Waals surface area contributed by atoms with Gasteiger partial charge in [0.15, 0.2) is 11.5 Å². The summed E-state index contributed by atoms with van der Waals surface area (Å²) in [7, 11) is 1.87. The highest BCUT2D eigenvalue weighted by atomic mass is 28.3. The van der Waals surface area contributed by atoms with Gasteiger partial charge in [0.05, 0.1) is 31.7 Å². The number of fused-ring (bicyclic) bond motifs is 5. The molecule has 0 saturated heterocycles. The molecule has 3 aromatic heterocycles. The van der Waals surface area contributed by atoms with Gasteiger partial charge in [0, 0.05) is 43.2 Å². The Kier molecular flexibility index (Phi) is 8.12. The third kappa shape index (κ3) is 5.15. The van der Waals surface area contributed by atoms with Crippen molar-refractivity contribution in [1.29, 1.82) is 0 Å². The van der Waals surface area contributed by atoms with Crippen LogP contribution in [0.2, 0.25) is 25.7 Å². The van der Waals surface area contributed by atoms with Crippen molar-refractivity contribution in [2.24, 2.45) is 0 Å². The summed E-state index contributed by atoms with van der Waals surface area (Å²) in [5.74, 6) is 0.490. The largest absolute Gasteiger partial charge is 0.493 e. The number of benzene rings is 1. The van der Waals surface area contributed by atoms with Crippen molar-refractivity contribution in [3.8, 4) is 11.5 Å². The van der Waals surface area contributed by atoms with Gasteiger partial charge in [0.1, 0.15) is 18.4 Å². The fourth-order valence-electron chi connectivity index (χ4n) is 4.73. The van der Waals surface area contributed by atoms with E-state index in [0.717, 1.165) is 16.8 Å². The molecule has 0 bridgehead atoms. The molecule has 38 heavy (non-hydrogen) atoms.